The van der Waals surface area contributed by atoms with Gasteiger partial charge in [0.2, 0.25) is 5.75 Å². The molecule has 0 aromatic heterocycles. The van der Waals surface area contributed by atoms with E-state index < -0.39 is 4.92 Å². The molecular weight excluding hydrogens is 214 g/mol. The zero-order chi connectivity index (χ0) is 10.1. The van der Waals surface area contributed by atoms with Crippen molar-refractivity contribution in [2.75, 3.05) is 0 Å². The Labute approximate surface area is 92.8 Å². The van der Waals surface area contributed by atoms with Gasteiger partial charge in [-0.3, -0.25) is 10.1 Å². The van der Waals surface area contributed by atoms with Crippen LogP contribution in [0, 0.1) is 10.1 Å². The lowest BCUT2D eigenvalue weighted by atomic mass is 10.1. The lowest BCUT2D eigenvalue weighted by Gasteiger charge is -2.00. The molecule has 0 saturated carbocycles. The molecule has 0 spiro atoms. The van der Waals surface area contributed by atoms with Gasteiger partial charge in [-0.25, -0.2) is 0 Å². The first kappa shape index (κ1) is 11.3. The van der Waals surface area contributed by atoms with Gasteiger partial charge in [-0.15, -0.1) is 0 Å². The van der Waals surface area contributed by atoms with E-state index in [-0.39, 0.29) is 24.9 Å². The molecule has 5 heteroatoms. The Bertz CT molecular complexity index is 513. The van der Waals surface area contributed by atoms with Crippen molar-refractivity contribution in [3.63, 3.8) is 0 Å². The summed E-state index contributed by atoms with van der Waals surface area (Å²) in [6, 6.07) is 9.90. The molecule has 2 rings (SSSR count). The number of fused-ring (bicyclic) bond motifs is 1. The van der Waals surface area contributed by atoms with Crippen LogP contribution >= 0.6 is 13.5 Å². The topological polar surface area (TPSA) is 63.4 Å². The van der Waals surface area contributed by atoms with E-state index in [0.717, 1.165) is 5.39 Å². The van der Waals surface area contributed by atoms with Gasteiger partial charge < -0.3 is 5.11 Å². The number of benzene rings is 2. The molecule has 2 aromatic carbocycles. The van der Waals surface area contributed by atoms with Crippen LogP contribution in [-0.2, 0) is 0 Å². The molecule has 0 aliphatic rings. The number of aromatic hydroxyl groups is 1. The summed E-state index contributed by atoms with van der Waals surface area (Å²) in [5.41, 5.74) is -0.260. The predicted molar refractivity (Wildman–Crippen MR) is 62.6 cm³/mol. The third kappa shape index (κ3) is 1.87. The quantitative estimate of drug-likeness (QED) is 0.597. The van der Waals surface area contributed by atoms with Crippen LogP contribution in [0.25, 0.3) is 10.8 Å². The molecule has 2 aromatic rings. The van der Waals surface area contributed by atoms with Crippen LogP contribution in [0.5, 0.6) is 5.75 Å². The fraction of sp³-hybridized carbons (Fsp3) is 0. The number of nitro benzene ring substituents is 1. The fourth-order valence-electron chi connectivity index (χ4n) is 1.39. The standard InChI is InChI=1S/C10H7NO3.H2S/c12-10-8-4-2-1-3-7(8)5-6-9(10)11(13)14;/h1-6,12H;1H2. The molecule has 78 valence electrons. The van der Waals surface area contributed by atoms with Crippen LogP contribution in [-0.4, -0.2) is 10.0 Å². The van der Waals surface area contributed by atoms with Crippen molar-refractivity contribution >= 4 is 30.0 Å². The first-order valence-corrected chi connectivity index (χ1v) is 4.05. The Morgan fingerprint density at radius 3 is 2.47 bits per heavy atom. The highest BCUT2D eigenvalue weighted by Crippen LogP contribution is 2.33. The van der Waals surface area contributed by atoms with Crippen LogP contribution in [0.2, 0.25) is 0 Å². The van der Waals surface area contributed by atoms with E-state index in [1.807, 2.05) is 6.07 Å². The smallest absolute Gasteiger partial charge is 0.311 e. The van der Waals surface area contributed by atoms with E-state index in [4.69, 9.17) is 0 Å². The molecule has 0 atom stereocenters. The number of rotatable bonds is 1. The summed E-state index contributed by atoms with van der Waals surface area (Å²) < 4.78 is 0. The Morgan fingerprint density at radius 1 is 1.13 bits per heavy atom. The molecule has 0 saturated heterocycles. The third-order valence-electron chi connectivity index (χ3n) is 2.08. The first-order valence-electron chi connectivity index (χ1n) is 4.05. The minimum atomic E-state index is -0.595. The van der Waals surface area contributed by atoms with Gasteiger partial charge in [-0.05, 0) is 11.5 Å². The van der Waals surface area contributed by atoms with Crippen LogP contribution < -0.4 is 0 Å². The minimum absolute atomic E-state index is 0. The summed E-state index contributed by atoms with van der Waals surface area (Å²) in [6.45, 7) is 0. The number of hydrogen-bond acceptors (Lipinski definition) is 3. The van der Waals surface area contributed by atoms with Crippen molar-refractivity contribution < 1.29 is 10.0 Å². The number of phenols is 1. The van der Waals surface area contributed by atoms with Gasteiger partial charge in [-0.1, -0.05) is 24.3 Å². The van der Waals surface area contributed by atoms with Crippen LogP contribution in [0.1, 0.15) is 0 Å². The van der Waals surface area contributed by atoms with Crippen LogP contribution in [0.15, 0.2) is 36.4 Å². The van der Waals surface area contributed by atoms with E-state index in [2.05, 4.69) is 0 Å². The maximum Gasteiger partial charge on any atom is 0.311 e. The highest BCUT2D eigenvalue weighted by molar-refractivity contribution is 7.59. The summed E-state index contributed by atoms with van der Waals surface area (Å²) >= 11 is 0. The van der Waals surface area contributed by atoms with Gasteiger partial charge in [0, 0.05) is 11.5 Å². The molecule has 0 heterocycles. The molecule has 0 bridgehead atoms. The molecule has 1 N–H and O–H groups in total. The SMILES string of the molecule is O=[N+]([O-])c1ccc2ccccc2c1O.S. The Balaban J connectivity index is 0.00000112. The Morgan fingerprint density at radius 2 is 1.80 bits per heavy atom. The van der Waals surface area contributed by atoms with Crippen molar-refractivity contribution in [2.45, 2.75) is 0 Å². The molecular formula is C10H9NO3S. The third-order valence-corrected chi connectivity index (χ3v) is 2.08. The summed E-state index contributed by atoms with van der Waals surface area (Å²) in [5, 5.41) is 21.4. The van der Waals surface area contributed by atoms with Gasteiger partial charge in [0.25, 0.3) is 0 Å². The number of phenolic OH excluding ortho intramolecular Hbond substituents is 1. The van der Waals surface area contributed by atoms with Crippen molar-refractivity contribution in [1.82, 2.24) is 0 Å². The lowest BCUT2D eigenvalue weighted by molar-refractivity contribution is -0.385. The van der Waals surface area contributed by atoms with E-state index >= 15 is 0 Å². The average molecular weight is 223 g/mol. The summed E-state index contributed by atoms with van der Waals surface area (Å²) in [7, 11) is 0. The maximum absolute atomic E-state index is 10.5. The monoisotopic (exact) mass is 223 g/mol. The van der Waals surface area contributed by atoms with E-state index in [1.54, 1.807) is 24.3 Å². The van der Waals surface area contributed by atoms with Gasteiger partial charge in [0.05, 0.1) is 4.92 Å². The summed E-state index contributed by atoms with van der Waals surface area (Å²) in [5.74, 6) is -0.270. The van der Waals surface area contributed by atoms with Gasteiger partial charge in [-0.2, -0.15) is 13.5 Å². The largest absolute Gasteiger partial charge is 0.502 e. The molecule has 0 unspecified atom stereocenters. The maximum atomic E-state index is 10.5. The predicted octanol–water partition coefficient (Wildman–Crippen LogP) is 2.57. The van der Waals surface area contributed by atoms with Gasteiger partial charge in [0.1, 0.15) is 0 Å². The number of nitrogens with zero attached hydrogens (tertiary/aromatic N) is 1. The van der Waals surface area contributed by atoms with Crippen molar-refractivity contribution in [2.24, 2.45) is 0 Å². The molecule has 0 radical (unpaired) electrons. The fourth-order valence-corrected chi connectivity index (χ4v) is 1.39. The molecule has 4 nitrogen and oxygen atoms in total. The summed E-state index contributed by atoms with van der Waals surface area (Å²) in [4.78, 5) is 9.92. The zero-order valence-corrected chi connectivity index (χ0v) is 8.68. The van der Waals surface area contributed by atoms with Crippen molar-refractivity contribution in [3.05, 3.63) is 46.5 Å². The normalized spacial score (nSPS) is 9.60. The molecule has 0 aliphatic heterocycles. The lowest BCUT2D eigenvalue weighted by Crippen LogP contribution is -1.88. The van der Waals surface area contributed by atoms with Crippen LogP contribution in [0.3, 0.4) is 0 Å². The van der Waals surface area contributed by atoms with Crippen molar-refractivity contribution in [3.8, 4) is 5.75 Å². The average Bonchev–Trinajstić information content (AvgIpc) is 2.18. The Hall–Kier alpha value is -1.75. The number of hydrogen-bond donors (Lipinski definition) is 1. The molecule has 15 heavy (non-hydrogen) atoms. The summed E-state index contributed by atoms with van der Waals surface area (Å²) in [6.07, 6.45) is 0. The second kappa shape index (κ2) is 4.18. The Kier molecular flexibility index (Phi) is 3.16. The van der Waals surface area contributed by atoms with Crippen molar-refractivity contribution in [1.29, 1.82) is 0 Å². The van der Waals surface area contributed by atoms with Gasteiger partial charge >= 0.3 is 5.69 Å². The van der Waals surface area contributed by atoms with E-state index in [9.17, 15) is 15.2 Å². The van der Waals surface area contributed by atoms with E-state index in [1.165, 1.54) is 6.07 Å². The second-order valence-corrected chi connectivity index (χ2v) is 2.91. The molecule has 0 fully saturated rings. The first-order chi connectivity index (χ1) is 6.70. The minimum Gasteiger partial charge on any atom is -0.502 e. The zero-order valence-electron chi connectivity index (χ0n) is 7.68. The second-order valence-electron chi connectivity index (χ2n) is 2.91. The number of nitro groups is 1. The highest BCUT2D eigenvalue weighted by Gasteiger charge is 2.14. The molecule has 0 amide bonds. The molecule has 0 aliphatic carbocycles. The van der Waals surface area contributed by atoms with Crippen LogP contribution in [0.4, 0.5) is 5.69 Å². The van der Waals surface area contributed by atoms with E-state index in [0.29, 0.717) is 5.39 Å². The van der Waals surface area contributed by atoms with Gasteiger partial charge in [0.15, 0.2) is 0 Å². The highest BCUT2D eigenvalue weighted by atomic mass is 32.1.